The van der Waals surface area contributed by atoms with E-state index in [9.17, 15) is 0 Å². The van der Waals surface area contributed by atoms with Crippen LogP contribution in [0.1, 0.15) is 32.6 Å². The van der Waals surface area contributed by atoms with E-state index in [4.69, 9.17) is 18.0 Å². The summed E-state index contributed by atoms with van der Waals surface area (Å²) in [5, 5.41) is 0. The van der Waals surface area contributed by atoms with Crippen LogP contribution >= 0.6 is 12.2 Å². The van der Waals surface area contributed by atoms with E-state index in [1.807, 2.05) is 0 Å². The van der Waals surface area contributed by atoms with Crippen LogP contribution < -0.4 is 5.73 Å². The summed E-state index contributed by atoms with van der Waals surface area (Å²) < 4.78 is 0. The third kappa shape index (κ3) is 4.00. The fourth-order valence-corrected chi connectivity index (χ4v) is 2.77. The molecule has 1 fully saturated rings. The van der Waals surface area contributed by atoms with Gasteiger partial charge in [0.2, 0.25) is 0 Å². The molecule has 0 saturated carbocycles. The molecule has 4 heteroatoms. The first-order chi connectivity index (χ1) is 7.54. The largest absolute Gasteiger partial charge is 0.393 e. The molecule has 0 radical (unpaired) electrons. The van der Waals surface area contributed by atoms with E-state index < -0.39 is 0 Å². The molecule has 1 rings (SSSR count). The molecule has 94 valence electrons. The number of likely N-dealkylation sites (N-methyl/N-ethyl adjacent to an activating group) is 2. The van der Waals surface area contributed by atoms with Gasteiger partial charge < -0.3 is 10.6 Å². The van der Waals surface area contributed by atoms with E-state index in [0.29, 0.717) is 17.1 Å². The third-order valence-electron chi connectivity index (χ3n) is 3.66. The van der Waals surface area contributed by atoms with Gasteiger partial charge in [0, 0.05) is 25.0 Å². The Morgan fingerprint density at radius 2 is 2.31 bits per heavy atom. The second kappa shape index (κ2) is 6.52. The normalized spacial score (nSPS) is 24.6. The van der Waals surface area contributed by atoms with Crippen LogP contribution in [0.3, 0.4) is 0 Å². The van der Waals surface area contributed by atoms with Gasteiger partial charge in [-0.3, -0.25) is 4.90 Å². The zero-order valence-corrected chi connectivity index (χ0v) is 11.6. The van der Waals surface area contributed by atoms with Gasteiger partial charge in [-0.1, -0.05) is 19.1 Å². The van der Waals surface area contributed by atoms with E-state index in [1.165, 1.54) is 25.9 Å². The van der Waals surface area contributed by atoms with Gasteiger partial charge in [0.1, 0.15) is 0 Å². The van der Waals surface area contributed by atoms with Gasteiger partial charge in [0.15, 0.2) is 0 Å². The molecule has 2 atom stereocenters. The number of hydrogen-bond donors (Lipinski definition) is 1. The maximum Gasteiger partial charge on any atom is 0.0743 e. The van der Waals surface area contributed by atoms with Crippen molar-refractivity contribution in [3.8, 4) is 0 Å². The molecule has 0 bridgehead atoms. The predicted molar refractivity (Wildman–Crippen MR) is 73.8 cm³/mol. The molecule has 0 aromatic heterocycles. The van der Waals surface area contributed by atoms with Crippen molar-refractivity contribution in [3.05, 3.63) is 0 Å². The van der Waals surface area contributed by atoms with Crippen molar-refractivity contribution in [1.29, 1.82) is 0 Å². The molecule has 2 N–H and O–H groups in total. The van der Waals surface area contributed by atoms with E-state index in [2.05, 4.69) is 30.8 Å². The minimum absolute atomic E-state index is 0.508. The lowest BCUT2D eigenvalue weighted by molar-refractivity contribution is 0.0990. The standard InChI is InChI=1S/C12H25N3S/c1-4-10(8-12(13)16)15(3)11-6-5-7-14(2)9-11/h10-11H,4-9H2,1-3H3,(H2,13,16). The molecular formula is C12H25N3S. The van der Waals surface area contributed by atoms with Crippen LogP contribution in [0, 0.1) is 0 Å². The van der Waals surface area contributed by atoms with E-state index in [1.54, 1.807) is 0 Å². The Morgan fingerprint density at radius 1 is 1.62 bits per heavy atom. The van der Waals surface area contributed by atoms with E-state index in [-0.39, 0.29) is 0 Å². The van der Waals surface area contributed by atoms with Crippen molar-refractivity contribution in [2.24, 2.45) is 5.73 Å². The maximum atomic E-state index is 5.66. The van der Waals surface area contributed by atoms with Gasteiger partial charge in [-0.2, -0.15) is 0 Å². The molecular weight excluding hydrogens is 218 g/mol. The molecule has 0 aliphatic carbocycles. The number of thiocarbonyl (C=S) groups is 1. The molecule has 0 amide bonds. The van der Waals surface area contributed by atoms with E-state index >= 15 is 0 Å². The number of likely N-dealkylation sites (tertiary alicyclic amines) is 1. The number of nitrogens with two attached hydrogens (primary N) is 1. The predicted octanol–water partition coefficient (Wildman–Crippen LogP) is 1.47. The maximum absolute atomic E-state index is 5.66. The highest BCUT2D eigenvalue weighted by molar-refractivity contribution is 7.80. The average molecular weight is 243 g/mol. The Hall–Kier alpha value is -0.190. The van der Waals surface area contributed by atoms with Gasteiger partial charge in [-0.05, 0) is 39.9 Å². The monoisotopic (exact) mass is 243 g/mol. The molecule has 3 nitrogen and oxygen atoms in total. The summed E-state index contributed by atoms with van der Waals surface area (Å²) in [5.41, 5.74) is 5.66. The van der Waals surface area contributed by atoms with Crippen molar-refractivity contribution < 1.29 is 0 Å². The summed E-state index contributed by atoms with van der Waals surface area (Å²) in [6, 6.07) is 1.17. The van der Waals surface area contributed by atoms with Crippen LogP contribution in [-0.2, 0) is 0 Å². The van der Waals surface area contributed by atoms with Crippen LogP contribution in [0.15, 0.2) is 0 Å². The first kappa shape index (κ1) is 13.9. The van der Waals surface area contributed by atoms with Gasteiger partial charge >= 0.3 is 0 Å². The second-order valence-corrected chi connectivity index (χ2v) is 5.48. The number of piperidine rings is 1. The molecule has 0 aromatic carbocycles. The van der Waals surface area contributed by atoms with Crippen molar-refractivity contribution in [3.63, 3.8) is 0 Å². The van der Waals surface area contributed by atoms with Gasteiger partial charge in [0.25, 0.3) is 0 Å². The SMILES string of the molecule is CCC(CC(N)=S)N(C)C1CCCN(C)C1. The van der Waals surface area contributed by atoms with Crippen LogP contribution in [-0.4, -0.2) is 54.1 Å². The second-order valence-electron chi connectivity index (χ2n) is 4.96. The highest BCUT2D eigenvalue weighted by Crippen LogP contribution is 2.18. The van der Waals surface area contributed by atoms with Crippen LogP contribution in [0.4, 0.5) is 0 Å². The summed E-state index contributed by atoms with van der Waals surface area (Å²) in [6.45, 7) is 4.62. The van der Waals surface area contributed by atoms with Gasteiger partial charge in [-0.25, -0.2) is 0 Å². The summed E-state index contributed by atoms with van der Waals surface area (Å²) in [4.78, 5) is 5.54. The first-order valence-corrected chi connectivity index (χ1v) is 6.64. The minimum Gasteiger partial charge on any atom is -0.393 e. The van der Waals surface area contributed by atoms with Gasteiger partial charge in [0.05, 0.1) is 4.99 Å². The summed E-state index contributed by atoms with van der Waals surface area (Å²) >= 11 is 5.02. The molecule has 1 aliphatic heterocycles. The van der Waals surface area contributed by atoms with Crippen molar-refractivity contribution in [2.75, 3.05) is 27.2 Å². The molecule has 0 spiro atoms. The molecule has 0 aromatic rings. The smallest absolute Gasteiger partial charge is 0.0743 e. The quantitative estimate of drug-likeness (QED) is 0.741. The Labute approximate surface area is 105 Å². The van der Waals surface area contributed by atoms with Crippen LogP contribution in [0.2, 0.25) is 0 Å². The molecule has 1 saturated heterocycles. The molecule has 1 aliphatic rings. The lowest BCUT2D eigenvalue weighted by Gasteiger charge is -2.39. The highest BCUT2D eigenvalue weighted by Gasteiger charge is 2.25. The lowest BCUT2D eigenvalue weighted by Crippen LogP contribution is -2.49. The minimum atomic E-state index is 0.508. The Kier molecular flexibility index (Phi) is 5.66. The highest BCUT2D eigenvalue weighted by atomic mass is 32.1. The van der Waals surface area contributed by atoms with Crippen molar-refractivity contribution in [1.82, 2.24) is 9.80 Å². The summed E-state index contributed by atoms with van der Waals surface area (Å²) in [6.07, 6.45) is 4.57. The zero-order valence-electron chi connectivity index (χ0n) is 10.8. The Bertz CT molecular complexity index is 232. The molecule has 2 unspecified atom stereocenters. The number of rotatable bonds is 5. The summed E-state index contributed by atoms with van der Waals surface area (Å²) in [7, 11) is 4.42. The van der Waals surface area contributed by atoms with Crippen LogP contribution in [0.25, 0.3) is 0 Å². The fourth-order valence-electron chi connectivity index (χ4n) is 2.58. The molecule has 16 heavy (non-hydrogen) atoms. The topological polar surface area (TPSA) is 32.5 Å². The summed E-state index contributed by atoms with van der Waals surface area (Å²) in [5.74, 6) is 0. The third-order valence-corrected chi connectivity index (χ3v) is 3.83. The number of hydrogen-bond acceptors (Lipinski definition) is 3. The Morgan fingerprint density at radius 3 is 2.81 bits per heavy atom. The Balaban J connectivity index is 2.52. The lowest BCUT2D eigenvalue weighted by atomic mass is 10.0. The van der Waals surface area contributed by atoms with Crippen molar-refractivity contribution in [2.45, 2.75) is 44.7 Å². The zero-order chi connectivity index (χ0) is 12.1. The molecule has 1 heterocycles. The number of nitrogens with zero attached hydrogens (tertiary/aromatic N) is 2. The first-order valence-electron chi connectivity index (χ1n) is 6.23. The van der Waals surface area contributed by atoms with Gasteiger partial charge in [-0.15, -0.1) is 0 Å². The van der Waals surface area contributed by atoms with E-state index in [0.717, 1.165) is 12.8 Å². The van der Waals surface area contributed by atoms with Crippen LogP contribution in [0.5, 0.6) is 0 Å². The van der Waals surface area contributed by atoms with Crippen molar-refractivity contribution >= 4 is 17.2 Å². The average Bonchev–Trinajstić information content (AvgIpc) is 2.24. The fraction of sp³-hybridized carbons (Fsp3) is 0.917.